The summed E-state index contributed by atoms with van der Waals surface area (Å²) < 4.78 is 1.78. The highest BCUT2D eigenvalue weighted by Crippen LogP contribution is 2.24. The number of rotatable bonds is 3. The van der Waals surface area contributed by atoms with Gasteiger partial charge in [-0.15, -0.1) is 0 Å². The van der Waals surface area contributed by atoms with Gasteiger partial charge < -0.3 is 5.73 Å². The molecule has 0 saturated heterocycles. The van der Waals surface area contributed by atoms with E-state index in [1.807, 2.05) is 7.05 Å². The summed E-state index contributed by atoms with van der Waals surface area (Å²) in [7, 11) is 1.89. The lowest BCUT2D eigenvalue weighted by Gasteiger charge is -2.18. The fourth-order valence-electron chi connectivity index (χ4n) is 2.58. The molecule has 18 heavy (non-hydrogen) atoms. The number of hydrogen-bond acceptors (Lipinski definition) is 3. The predicted octanol–water partition coefficient (Wildman–Crippen LogP) is 1.98. The second kappa shape index (κ2) is 4.90. The normalized spacial score (nSPS) is 12.7. The van der Waals surface area contributed by atoms with Crippen LogP contribution in [0.15, 0.2) is 18.5 Å². The van der Waals surface area contributed by atoms with E-state index in [9.17, 15) is 0 Å². The maximum absolute atomic E-state index is 6.33. The number of nitrogens with zero attached hydrogens (tertiary/aromatic N) is 3. The van der Waals surface area contributed by atoms with Crippen LogP contribution in [0.1, 0.15) is 34.1 Å². The van der Waals surface area contributed by atoms with Gasteiger partial charge in [-0.05, 0) is 37.5 Å². The van der Waals surface area contributed by atoms with Crippen molar-refractivity contribution in [3.63, 3.8) is 0 Å². The molecule has 1 aromatic carbocycles. The Balaban J connectivity index is 2.29. The Morgan fingerprint density at radius 1 is 1.22 bits per heavy atom. The first-order valence-electron chi connectivity index (χ1n) is 6.15. The minimum atomic E-state index is -0.0338. The number of hydrogen-bond donors (Lipinski definition) is 1. The zero-order valence-electron chi connectivity index (χ0n) is 11.4. The molecule has 0 radical (unpaired) electrons. The Hall–Kier alpha value is -1.68. The molecule has 2 N–H and O–H groups in total. The van der Waals surface area contributed by atoms with Gasteiger partial charge in [0.15, 0.2) is 0 Å². The fourth-order valence-corrected chi connectivity index (χ4v) is 2.58. The van der Waals surface area contributed by atoms with Gasteiger partial charge in [0.1, 0.15) is 12.2 Å². The molecule has 4 heteroatoms. The molecule has 2 aromatic rings. The zero-order chi connectivity index (χ0) is 13.3. The molecule has 96 valence electrons. The van der Waals surface area contributed by atoms with Crippen LogP contribution in [0.2, 0.25) is 0 Å². The van der Waals surface area contributed by atoms with E-state index in [0.717, 1.165) is 5.82 Å². The Morgan fingerprint density at radius 2 is 1.83 bits per heavy atom. The summed E-state index contributed by atoms with van der Waals surface area (Å²) in [5.41, 5.74) is 11.3. The van der Waals surface area contributed by atoms with E-state index in [4.69, 9.17) is 5.73 Å². The zero-order valence-corrected chi connectivity index (χ0v) is 11.4. The summed E-state index contributed by atoms with van der Waals surface area (Å²) in [5.74, 6) is 0.918. The van der Waals surface area contributed by atoms with Crippen molar-refractivity contribution in [2.24, 2.45) is 12.8 Å². The highest BCUT2D eigenvalue weighted by atomic mass is 15.3. The van der Waals surface area contributed by atoms with E-state index in [1.54, 1.807) is 11.0 Å². The first kappa shape index (κ1) is 12.8. The molecule has 1 heterocycles. The highest BCUT2D eigenvalue weighted by molar-refractivity contribution is 5.39. The lowest BCUT2D eigenvalue weighted by Crippen LogP contribution is -2.18. The van der Waals surface area contributed by atoms with Gasteiger partial charge in [-0.2, -0.15) is 5.10 Å². The second-order valence-electron chi connectivity index (χ2n) is 4.92. The van der Waals surface area contributed by atoms with Gasteiger partial charge in [0, 0.05) is 19.5 Å². The monoisotopic (exact) mass is 244 g/mol. The van der Waals surface area contributed by atoms with E-state index in [0.29, 0.717) is 6.42 Å². The van der Waals surface area contributed by atoms with Gasteiger partial charge in [-0.1, -0.05) is 17.7 Å². The largest absolute Gasteiger partial charge is 0.324 e. The Bertz CT molecular complexity index is 534. The lowest BCUT2D eigenvalue weighted by atomic mass is 9.93. The molecule has 1 atom stereocenters. The van der Waals surface area contributed by atoms with Gasteiger partial charge in [0.25, 0.3) is 0 Å². The standard InChI is InChI=1S/C14H20N4/c1-9-5-10(2)14(11(3)6-9)12(15)7-13-16-8-17-18(13)4/h5-6,8,12H,7,15H2,1-4H3. The average Bonchev–Trinajstić information content (AvgIpc) is 2.62. The maximum Gasteiger partial charge on any atom is 0.138 e. The molecule has 0 bridgehead atoms. The minimum absolute atomic E-state index is 0.0338. The van der Waals surface area contributed by atoms with Crippen molar-refractivity contribution in [3.8, 4) is 0 Å². The van der Waals surface area contributed by atoms with Crippen molar-refractivity contribution >= 4 is 0 Å². The van der Waals surface area contributed by atoms with Gasteiger partial charge in [-0.3, -0.25) is 4.68 Å². The van der Waals surface area contributed by atoms with Crippen LogP contribution < -0.4 is 5.73 Å². The molecular weight excluding hydrogens is 224 g/mol. The summed E-state index contributed by atoms with van der Waals surface area (Å²) in [5, 5.41) is 4.07. The molecule has 1 unspecified atom stereocenters. The van der Waals surface area contributed by atoms with Gasteiger partial charge in [0.05, 0.1) is 0 Å². The highest BCUT2D eigenvalue weighted by Gasteiger charge is 2.15. The third-order valence-electron chi connectivity index (χ3n) is 3.32. The summed E-state index contributed by atoms with van der Waals surface area (Å²) in [6.45, 7) is 6.34. The van der Waals surface area contributed by atoms with Crippen LogP contribution in [0.4, 0.5) is 0 Å². The lowest BCUT2D eigenvalue weighted by molar-refractivity contribution is 0.625. The van der Waals surface area contributed by atoms with Crippen molar-refractivity contribution < 1.29 is 0 Å². The smallest absolute Gasteiger partial charge is 0.138 e. The molecule has 2 rings (SSSR count). The molecule has 0 amide bonds. The van der Waals surface area contributed by atoms with Crippen molar-refractivity contribution in [2.45, 2.75) is 33.2 Å². The molecule has 0 aliphatic carbocycles. The molecule has 4 nitrogen and oxygen atoms in total. The fraction of sp³-hybridized carbons (Fsp3) is 0.429. The molecule has 0 spiro atoms. The van der Waals surface area contributed by atoms with E-state index in [2.05, 4.69) is 43.0 Å². The maximum atomic E-state index is 6.33. The van der Waals surface area contributed by atoms with E-state index >= 15 is 0 Å². The molecule has 0 aliphatic heterocycles. The van der Waals surface area contributed by atoms with Gasteiger partial charge in [-0.25, -0.2) is 4.98 Å². The summed E-state index contributed by atoms with van der Waals surface area (Å²) in [4.78, 5) is 4.23. The number of nitrogens with two attached hydrogens (primary N) is 1. The Labute approximate surface area is 108 Å². The topological polar surface area (TPSA) is 56.7 Å². The second-order valence-corrected chi connectivity index (χ2v) is 4.92. The van der Waals surface area contributed by atoms with Crippen LogP contribution >= 0.6 is 0 Å². The average molecular weight is 244 g/mol. The molecule has 0 aliphatic rings. The third-order valence-corrected chi connectivity index (χ3v) is 3.32. The van der Waals surface area contributed by atoms with Crippen molar-refractivity contribution in [1.82, 2.24) is 14.8 Å². The van der Waals surface area contributed by atoms with Crippen LogP contribution in [0.5, 0.6) is 0 Å². The van der Waals surface area contributed by atoms with Crippen LogP contribution in [0.3, 0.4) is 0 Å². The van der Waals surface area contributed by atoms with E-state index in [1.165, 1.54) is 22.3 Å². The number of aryl methyl sites for hydroxylation is 4. The van der Waals surface area contributed by atoms with Gasteiger partial charge in [0.2, 0.25) is 0 Å². The first-order chi connectivity index (χ1) is 8.49. The van der Waals surface area contributed by atoms with E-state index < -0.39 is 0 Å². The van der Waals surface area contributed by atoms with Crippen LogP contribution in [0, 0.1) is 20.8 Å². The minimum Gasteiger partial charge on any atom is -0.324 e. The molecule has 1 aromatic heterocycles. The molecule has 0 saturated carbocycles. The van der Waals surface area contributed by atoms with Crippen LogP contribution in [-0.2, 0) is 13.5 Å². The SMILES string of the molecule is Cc1cc(C)c(C(N)Cc2ncnn2C)c(C)c1. The quantitative estimate of drug-likeness (QED) is 0.898. The predicted molar refractivity (Wildman–Crippen MR) is 72.3 cm³/mol. The van der Waals surface area contributed by atoms with Gasteiger partial charge >= 0.3 is 0 Å². The molecular formula is C14H20N4. The van der Waals surface area contributed by atoms with Crippen LogP contribution in [0.25, 0.3) is 0 Å². The summed E-state index contributed by atoms with van der Waals surface area (Å²) >= 11 is 0. The van der Waals surface area contributed by atoms with Crippen molar-refractivity contribution in [2.75, 3.05) is 0 Å². The Kier molecular flexibility index (Phi) is 3.48. The third kappa shape index (κ3) is 2.43. The van der Waals surface area contributed by atoms with Crippen molar-refractivity contribution in [3.05, 3.63) is 46.5 Å². The first-order valence-corrected chi connectivity index (χ1v) is 6.15. The summed E-state index contributed by atoms with van der Waals surface area (Å²) in [6.07, 6.45) is 2.28. The van der Waals surface area contributed by atoms with Crippen LogP contribution in [-0.4, -0.2) is 14.8 Å². The Morgan fingerprint density at radius 3 is 2.33 bits per heavy atom. The number of benzene rings is 1. The molecule has 0 fully saturated rings. The van der Waals surface area contributed by atoms with Crippen molar-refractivity contribution in [1.29, 1.82) is 0 Å². The summed E-state index contributed by atoms with van der Waals surface area (Å²) in [6, 6.07) is 4.33. The number of aromatic nitrogens is 3. The van der Waals surface area contributed by atoms with E-state index in [-0.39, 0.29) is 6.04 Å².